The van der Waals surface area contributed by atoms with E-state index in [1.54, 1.807) is 16.8 Å². The minimum atomic E-state index is -0.287. The van der Waals surface area contributed by atoms with Gasteiger partial charge in [0.15, 0.2) is 5.69 Å². The third-order valence-corrected chi connectivity index (χ3v) is 4.60. The van der Waals surface area contributed by atoms with E-state index in [4.69, 9.17) is 4.74 Å². The Kier molecular flexibility index (Phi) is 4.93. The summed E-state index contributed by atoms with van der Waals surface area (Å²) in [6, 6.07) is 16.2. The number of rotatable bonds is 5. The smallest absolute Gasteiger partial charge is 0.273 e. The molecule has 1 aromatic heterocycles. The van der Waals surface area contributed by atoms with E-state index in [0.717, 1.165) is 17.5 Å². The molecule has 0 spiro atoms. The highest BCUT2D eigenvalue weighted by atomic mass is 19.1. The van der Waals surface area contributed by atoms with Crippen LogP contribution in [0.15, 0.2) is 54.6 Å². The third-order valence-electron chi connectivity index (χ3n) is 4.60. The molecule has 2 aromatic carbocycles. The fraction of sp³-hybridized carbons (Fsp3) is 0.250. The SMILES string of the molecule is O=C(NCCc1ccccc1)c1nnn2c1CO[C@@H](c1ccc(F)cc1)C2. The minimum Gasteiger partial charge on any atom is -0.365 e. The van der Waals surface area contributed by atoms with Gasteiger partial charge in [0.05, 0.1) is 18.8 Å². The van der Waals surface area contributed by atoms with Crippen molar-refractivity contribution < 1.29 is 13.9 Å². The Morgan fingerprint density at radius 1 is 1.19 bits per heavy atom. The molecule has 27 heavy (non-hydrogen) atoms. The lowest BCUT2D eigenvalue weighted by atomic mass is 10.1. The van der Waals surface area contributed by atoms with E-state index in [9.17, 15) is 9.18 Å². The van der Waals surface area contributed by atoms with Crippen LogP contribution in [0.3, 0.4) is 0 Å². The zero-order chi connectivity index (χ0) is 18.6. The van der Waals surface area contributed by atoms with Crippen molar-refractivity contribution in [2.24, 2.45) is 0 Å². The van der Waals surface area contributed by atoms with Crippen LogP contribution in [0.2, 0.25) is 0 Å². The van der Waals surface area contributed by atoms with E-state index in [1.165, 1.54) is 12.1 Å². The van der Waals surface area contributed by atoms with Crippen LogP contribution in [-0.4, -0.2) is 27.4 Å². The van der Waals surface area contributed by atoms with Gasteiger partial charge in [0.2, 0.25) is 0 Å². The number of nitrogens with zero attached hydrogens (tertiary/aromatic N) is 3. The van der Waals surface area contributed by atoms with Crippen molar-refractivity contribution in [3.8, 4) is 0 Å². The topological polar surface area (TPSA) is 69.0 Å². The number of benzene rings is 2. The van der Waals surface area contributed by atoms with Gasteiger partial charge in [0.1, 0.15) is 11.9 Å². The summed E-state index contributed by atoms with van der Waals surface area (Å²) in [6.07, 6.45) is 0.507. The number of aromatic nitrogens is 3. The normalized spacial score (nSPS) is 16.0. The number of hydrogen-bond acceptors (Lipinski definition) is 4. The highest BCUT2D eigenvalue weighted by molar-refractivity contribution is 5.93. The molecule has 0 saturated heterocycles. The van der Waals surface area contributed by atoms with Crippen LogP contribution in [0, 0.1) is 5.82 Å². The summed E-state index contributed by atoms with van der Waals surface area (Å²) >= 11 is 0. The van der Waals surface area contributed by atoms with E-state index in [0.29, 0.717) is 24.5 Å². The molecule has 7 heteroatoms. The first kappa shape index (κ1) is 17.4. The van der Waals surface area contributed by atoms with Gasteiger partial charge < -0.3 is 10.1 Å². The second-order valence-electron chi connectivity index (χ2n) is 6.41. The summed E-state index contributed by atoms with van der Waals surface area (Å²) < 4.78 is 20.6. The molecule has 3 aromatic rings. The van der Waals surface area contributed by atoms with Gasteiger partial charge in [-0.25, -0.2) is 9.07 Å². The summed E-state index contributed by atoms with van der Waals surface area (Å²) in [5.41, 5.74) is 2.98. The number of nitrogens with one attached hydrogen (secondary N) is 1. The van der Waals surface area contributed by atoms with Crippen molar-refractivity contribution in [3.63, 3.8) is 0 Å². The molecular weight excluding hydrogens is 347 g/mol. The van der Waals surface area contributed by atoms with E-state index in [-0.39, 0.29) is 24.4 Å². The van der Waals surface area contributed by atoms with E-state index < -0.39 is 0 Å². The minimum absolute atomic E-state index is 0.233. The monoisotopic (exact) mass is 366 g/mol. The molecule has 138 valence electrons. The summed E-state index contributed by atoms with van der Waals surface area (Å²) in [4.78, 5) is 12.4. The van der Waals surface area contributed by atoms with E-state index in [1.807, 2.05) is 30.3 Å². The maximum absolute atomic E-state index is 13.1. The average Bonchev–Trinajstić information content (AvgIpc) is 3.12. The largest absolute Gasteiger partial charge is 0.365 e. The predicted octanol–water partition coefficient (Wildman–Crippen LogP) is 2.66. The molecular formula is C20H19FN4O2. The van der Waals surface area contributed by atoms with Crippen molar-refractivity contribution in [2.45, 2.75) is 25.7 Å². The van der Waals surface area contributed by atoms with Gasteiger partial charge in [-0.05, 0) is 29.7 Å². The molecule has 0 bridgehead atoms. The first-order chi connectivity index (χ1) is 13.2. The Balaban J connectivity index is 1.39. The second kappa shape index (κ2) is 7.67. The molecule has 0 fully saturated rings. The number of amides is 1. The third kappa shape index (κ3) is 3.88. The highest BCUT2D eigenvalue weighted by Gasteiger charge is 2.27. The van der Waals surface area contributed by atoms with Crippen molar-refractivity contribution in [3.05, 3.63) is 82.9 Å². The van der Waals surface area contributed by atoms with Crippen molar-refractivity contribution in [1.82, 2.24) is 20.3 Å². The van der Waals surface area contributed by atoms with Crippen molar-refractivity contribution in [2.75, 3.05) is 6.54 Å². The van der Waals surface area contributed by atoms with Gasteiger partial charge in [-0.1, -0.05) is 47.7 Å². The standard InChI is InChI=1S/C20H19FN4O2/c21-16-8-6-15(7-9-16)18-12-25-17(13-27-18)19(23-24-25)20(26)22-11-10-14-4-2-1-3-5-14/h1-9,18H,10-13H2,(H,22,26)/t18-/m1/s1. The average molecular weight is 366 g/mol. The fourth-order valence-corrected chi connectivity index (χ4v) is 3.12. The zero-order valence-electron chi connectivity index (χ0n) is 14.6. The number of fused-ring (bicyclic) bond motifs is 1. The summed E-state index contributed by atoms with van der Waals surface area (Å²) in [5, 5.41) is 11.0. The van der Waals surface area contributed by atoms with Crippen molar-refractivity contribution >= 4 is 5.91 Å². The second-order valence-corrected chi connectivity index (χ2v) is 6.41. The highest BCUT2D eigenvalue weighted by Crippen LogP contribution is 2.27. The Hall–Kier alpha value is -3.06. The zero-order valence-corrected chi connectivity index (χ0v) is 14.6. The van der Waals surface area contributed by atoms with Crippen LogP contribution in [0.5, 0.6) is 0 Å². The lowest BCUT2D eigenvalue weighted by Gasteiger charge is -2.24. The fourth-order valence-electron chi connectivity index (χ4n) is 3.12. The van der Waals surface area contributed by atoms with Crippen LogP contribution in [0.4, 0.5) is 4.39 Å². The maximum atomic E-state index is 13.1. The summed E-state index contributed by atoms with van der Waals surface area (Å²) in [7, 11) is 0. The Morgan fingerprint density at radius 3 is 2.74 bits per heavy atom. The Bertz CT molecular complexity index is 925. The lowest BCUT2D eigenvalue weighted by molar-refractivity contribution is -0.00180. The van der Waals surface area contributed by atoms with Crippen LogP contribution in [0.25, 0.3) is 0 Å². The quantitative estimate of drug-likeness (QED) is 0.754. The molecule has 2 heterocycles. The van der Waals surface area contributed by atoms with Gasteiger partial charge in [0, 0.05) is 6.54 Å². The van der Waals surface area contributed by atoms with Crippen LogP contribution in [-0.2, 0) is 24.3 Å². The summed E-state index contributed by atoms with van der Waals surface area (Å²) in [6.45, 7) is 1.19. The molecule has 0 unspecified atom stereocenters. The predicted molar refractivity (Wildman–Crippen MR) is 96.4 cm³/mol. The molecule has 1 N–H and O–H groups in total. The number of carbonyl (C=O) groups excluding carboxylic acids is 1. The number of halogens is 1. The van der Waals surface area contributed by atoms with Crippen LogP contribution >= 0.6 is 0 Å². The van der Waals surface area contributed by atoms with E-state index >= 15 is 0 Å². The Labute approximate surface area is 156 Å². The number of ether oxygens (including phenoxy) is 1. The molecule has 0 aliphatic carbocycles. The lowest BCUT2D eigenvalue weighted by Crippen LogP contribution is -2.29. The van der Waals surface area contributed by atoms with Gasteiger partial charge in [-0.2, -0.15) is 0 Å². The molecule has 0 saturated carbocycles. The molecule has 1 amide bonds. The summed E-state index contributed by atoms with van der Waals surface area (Å²) in [5.74, 6) is -0.540. The van der Waals surface area contributed by atoms with Crippen molar-refractivity contribution in [1.29, 1.82) is 0 Å². The molecule has 6 nitrogen and oxygen atoms in total. The van der Waals surface area contributed by atoms with Gasteiger partial charge in [-0.3, -0.25) is 4.79 Å². The molecule has 4 rings (SSSR count). The first-order valence-electron chi connectivity index (χ1n) is 8.82. The van der Waals surface area contributed by atoms with Crippen LogP contribution in [0.1, 0.15) is 33.4 Å². The first-order valence-corrected chi connectivity index (χ1v) is 8.82. The Morgan fingerprint density at radius 2 is 1.96 bits per heavy atom. The van der Waals surface area contributed by atoms with Gasteiger partial charge in [0.25, 0.3) is 5.91 Å². The molecule has 0 radical (unpaired) electrons. The van der Waals surface area contributed by atoms with Crippen LogP contribution < -0.4 is 5.32 Å². The van der Waals surface area contributed by atoms with E-state index in [2.05, 4.69) is 15.6 Å². The number of hydrogen-bond donors (Lipinski definition) is 1. The maximum Gasteiger partial charge on any atom is 0.273 e. The number of carbonyl (C=O) groups is 1. The molecule has 1 atom stereocenters. The van der Waals surface area contributed by atoms with Gasteiger partial charge >= 0.3 is 0 Å². The van der Waals surface area contributed by atoms with Gasteiger partial charge in [-0.15, -0.1) is 5.10 Å². The molecule has 1 aliphatic rings. The molecule has 1 aliphatic heterocycles.